The van der Waals surface area contributed by atoms with Gasteiger partial charge in [-0.15, -0.1) is 0 Å². The number of anilines is 1. The molecule has 164 valence electrons. The average molecular weight is 457 g/mol. The SMILES string of the molecule is O=S(=O)(Nc1ccc(C(F)(F)F)cc1)c1cn(Cc2ccccc2)nc1-c1ccccc1. The Morgan fingerprint density at radius 2 is 1.44 bits per heavy atom. The van der Waals surface area contributed by atoms with E-state index in [2.05, 4.69) is 9.82 Å². The Kier molecular flexibility index (Phi) is 5.75. The number of alkyl halides is 3. The molecule has 0 unspecified atom stereocenters. The molecule has 0 atom stereocenters. The quantitative estimate of drug-likeness (QED) is 0.421. The first-order valence-electron chi connectivity index (χ1n) is 9.59. The molecular weight excluding hydrogens is 439 g/mol. The van der Waals surface area contributed by atoms with Gasteiger partial charge in [0.25, 0.3) is 10.0 Å². The number of benzene rings is 3. The van der Waals surface area contributed by atoms with Crippen LogP contribution >= 0.6 is 0 Å². The van der Waals surface area contributed by atoms with Crippen LogP contribution in [0.4, 0.5) is 18.9 Å². The van der Waals surface area contributed by atoms with Crippen molar-refractivity contribution in [2.45, 2.75) is 17.6 Å². The predicted octanol–water partition coefficient (Wildman–Crippen LogP) is 5.42. The van der Waals surface area contributed by atoms with Gasteiger partial charge in [-0.1, -0.05) is 60.7 Å². The number of aromatic nitrogens is 2. The zero-order chi connectivity index (χ0) is 22.8. The summed E-state index contributed by atoms with van der Waals surface area (Å²) in [7, 11) is -4.13. The van der Waals surface area contributed by atoms with Crippen LogP contribution in [-0.2, 0) is 22.7 Å². The molecule has 0 amide bonds. The largest absolute Gasteiger partial charge is 0.416 e. The Bertz CT molecular complexity index is 1300. The van der Waals surface area contributed by atoms with Crippen LogP contribution in [0.5, 0.6) is 0 Å². The van der Waals surface area contributed by atoms with E-state index in [1.165, 1.54) is 10.9 Å². The maximum Gasteiger partial charge on any atom is 0.416 e. The molecule has 9 heteroatoms. The molecule has 0 aliphatic rings. The summed E-state index contributed by atoms with van der Waals surface area (Å²) in [5.41, 5.74) is 0.955. The molecule has 4 aromatic rings. The molecule has 0 saturated heterocycles. The van der Waals surface area contributed by atoms with E-state index >= 15 is 0 Å². The Hall–Kier alpha value is -3.59. The minimum Gasteiger partial charge on any atom is -0.280 e. The molecular formula is C23H18F3N3O2S. The second kappa shape index (κ2) is 8.51. The van der Waals surface area contributed by atoms with Crippen LogP contribution in [0.2, 0.25) is 0 Å². The van der Waals surface area contributed by atoms with E-state index in [0.29, 0.717) is 12.1 Å². The third-order valence-corrected chi connectivity index (χ3v) is 6.10. The minimum absolute atomic E-state index is 0.0211. The van der Waals surface area contributed by atoms with Gasteiger partial charge >= 0.3 is 6.18 Å². The number of sulfonamides is 1. The smallest absolute Gasteiger partial charge is 0.280 e. The molecule has 0 aliphatic carbocycles. The van der Waals surface area contributed by atoms with Crippen molar-refractivity contribution < 1.29 is 21.6 Å². The first-order valence-corrected chi connectivity index (χ1v) is 11.1. The maximum atomic E-state index is 13.2. The first-order chi connectivity index (χ1) is 15.2. The van der Waals surface area contributed by atoms with Gasteiger partial charge in [-0.05, 0) is 29.8 Å². The number of hydrogen-bond donors (Lipinski definition) is 1. The van der Waals surface area contributed by atoms with Crippen molar-refractivity contribution in [3.05, 3.63) is 102 Å². The Morgan fingerprint density at radius 3 is 2.03 bits per heavy atom. The molecule has 0 bridgehead atoms. The van der Waals surface area contributed by atoms with Crippen molar-refractivity contribution in [3.8, 4) is 11.3 Å². The fourth-order valence-corrected chi connectivity index (χ4v) is 4.41. The normalized spacial score (nSPS) is 12.0. The Balaban J connectivity index is 1.70. The maximum absolute atomic E-state index is 13.2. The van der Waals surface area contributed by atoms with E-state index in [1.54, 1.807) is 30.3 Å². The van der Waals surface area contributed by atoms with Crippen molar-refractivity contribution in [2.75, 3.05) is 4.72 Å². The molecule has 32 heavy (non-hydrogen) atoms. The van der Waals surface area contributed by atoms with Crippen LogP contribution in [0.1, 0.15) is 11.1 Å². The molecule has 1 aromatic heterocycles. The van der Waals surface area contributed by atoms with Crippen LogP contribution in [0.25, 0.3) is 11.3 Å². The van der Waals surface area contributed by atoms with Crippen LogP contribution in [0.3, 0.4) is 0 Å². The summed E-state index contributed by atoms with van der Waals surface area (Å²) in [4.78, 5) is -0.0699. The van der Waals surface area contributed by atoms with Gasteiger partial charge < -0.3 is 0 Å². The highest BCUT2D eigenvalue weighted by molar-refractivity contribution is 7.92. The highest BCUT2D eigenvalue weighted by Gasteiger charge is 2.30. The summed E-state index contributed by atoms with van der Waals surface area (Å²) in [6.45, 7) is 0.358. The van der Waals surface area contributed by atoms with Crippen LogP contribution in [-0.4, -0.2) is 18.2 Å². The molecule has 0 aliphatic heterocycles. The van der Waals surface area contributed by atoms with Gasteiger partial charge in [0.2, 0.25) is 0 Å². The molecule has 3 aromatic carbocycles. The molecule has 0 saturated carbocycles. The van der Waals surface area contributed by atoms with Crippen LogP contribution in [0.15, 0.2) is 96.0 Å². The second-order valence-electron chi connectivity index (χ2n) is 7.07. The molecule has 5 nitrogen and oxygen atoms in total. The van der Waals surface area contributed by atoms with E-state index in [1.807, 2.05) is 30.3 Å². The van der Waals surface area contributed by atoms with E-state index < -0.39 is 21.8 Å². The van der Waals surface area contributed by atoms with Gasteiger partial charge in [0.15, 0.2) is 0 Å². The van der Waals surface area contributed by atoms with Crippen molar-refractivity contribution in [1.82, 2.24) is 9.78 Å². The lowest BCUT2D eigenvalue weighted by Crippen LogP contribution is -2.14. The number of rotatable bonds is 6. The van der Waals surface area contributed by atoms with Gasteiger partial charge in [0.1, 0.15) is 10.6 Å². The Labute approximate surface area is 183 Å². The standard InChI is InChI=1S/C23H18F3N3O2S/c24-23(25,26)19-11-13-20(14-12-19)28-32(30,31)21-16-29(15-17-7-3-1-4-8-17)27-22(21)18-9-5-2-6-10-18/h1-14,16,28H,15H2. The lowest BCUT2D eigenvalue weighted by atomic mass is 10.2. The summed E-state index contributed by atoms with van der Waals surface area (Å²) in [6, 6.07) is 22.1. The lowest BCUT2D eigenvalue weighted by Gasteiger charge is -2.10. The molecule has 1 heterocycles. The number of hydrogen-bond acceptors (Lipinski definition) is 3. The summed E-state index contributed by atoms with van der Waals surface area (Å²) < 4.78 is 68.6. The highest BCUT2D eigenvalue weighted by atomic mass is 32.2. The summed E-state index contributed by atoms with van der Waals surface area (Å²) in [6.07, 6.45) is -3.09. The van der Waals surface area contributed by atoms with Gasteiger partial charge in [-0.3, -0.25) is 9.40 Å². The van der Waals surface area contributed by atoms with Gasteiger partial charge in [-0.25, -0.2) is 8.42 Å². The second-order valence-corrected chi connectivity index (χ2v) is 8.72. The van der Waals surface area contributed by atoms with Gasteiger partial charge in [-0.2, -0.15) is 18.3 Å². The fraction of sp³-hybridized carbons (Fsp3) is 0.0870. The van der Waals surface area contributed by atoms with Gasteiger partial charge in [0, 0.05) is 17.4 Å². The molecule has 0 fully saturated rings. The zero-order valence-corrected chi connectivity index (χ0v) is 17.4. The predicted molar refractivity (Wildman–Crippen MR) is 115 cm³/mol. The number of nitrogens with zero attached hydrogens (tertiary/aromatic N) is 2. The first kappa shape index (κ1) is 21.6. The van der Waals surface area contributed by atoms with E-state index in [9.17, 15) is 21.6 Å². The highest BCUT2D eigenvalue weighted by Crippen LogP contribution is 2.31. The summed E-state index contributed by atoms with van der Waals surface area (Å²) >= 11 is 0. The monoisotopic (exact) mass is 457 g/mol. The minimum atomic E-state index is -4.50. The molecule has 0 radical (unpaired) electrons. The van der Waals surface area contributed by atoms with Gasteiger partial charge in [0.05, 0.1) is 12.1 Å². The van der Waals surface area contributed by atoms with Crippen molar-refractivity contribution in [2.24, 2.45) is 0 Å². The third-order valence-electron chi connectivity index (χ3n) is 4.72. The van der Waals surface area contributed by atoms with Crippen molar-refractivity contribution in [1.29, 1.82) is 0 Å². The summed E-state index contributed by atoms with van der Waals surface area (Å²) in [5, 5.41) is 4.48. The topological polar surface area (TPSA) is 64.0 Å². The van der Waals surface area contributed by atoms with Crippen LogP contribution in [0, 0.1) is 0 Å². The fourth-order valence-electron chi connectivity index (χ4n) is 3.18. The van der Waals surface area contributed by atoms with E-state index in [0.717, 1.165) is 29.8 Å². The number of nitrogens with one attached hydrogen (secondary N) is 1. The molecule has 0 spiro atoms. The average Bonchev–Trinajstić information content (AvgIpc) is 3.19. The van der Waals surface area contributed by atoms with E-state index in [-0.39, 0.29) is 16.3 Å². The molecule has 4 rings (SSSR count). The van der Waals surface area contributed by atoms with Crippen molar-refractivity contribution in [3.63, 3.8) is 0 Å². The Morgan fingerprint density at radius 1 is 0.844 bits per heavy atom. The number of halogens is 3. The zero-order valence-electron chi connectivity index (χ0n) is 16.6. The lowest BCUT2D eigenvalue weighted by molar-refractivity contribution is -0.137. The summed E-state index contributed by atoms with van der Waals surface area (Å²) in [5.74, 6) is 0. The van der Waals surface area contributed by atoms with Crippen molar-refractivity contribution >= 4 is 15.7 Å². The van der Waals surface area contributed by atoms with E-state index in [4.69, 9.17) is 0 Å². The third kappa shape index (κ3) is 4.83. The molecule has 1 N–H and O–H groups in total. The van der Waals surface area contributed by atoms with Crippen LogP contribution < -0.4 is 4.72 Å².